The van der Waals surface area contributed by atoms with E-state index >= 15 is 0 Å². The highest BCUT2D eigenvalue weighted by Crippen LogP contribution is 2.31. The van der Waals surface area contributed by atoms with E-state index in [0.29, 0.717) is 0 Å². The van der Waals surface area contributed by atoms with E-state index in [4.69, 9.17) is 4.74 Å². The average Bonchev–Trinajstić information content (AvgIpc) is 2.27. The lowest BCUT2D eigenvalue weighted by Crippen LogP contribution is -2.29. The van der Waals surface area contributed by atoms with Crippen LogP contribution in [0.4, 0.5) is 0 Å². The van der Waals surface area contributed by atoms with Crippen molar-refractivity contribution in [3.05, 3.63) is 48.6 Å². The maximum atomic E-state index is 5.60. The van der Waals surface area contributed by atoms with E-state index in [1.807, 2.05) is 24.3 Å². The van der Waals surface area contributed by atoms with Crippen molar-refractivity contribution in [1.29, 1.82) is 0 Å². The zero-order valence-electron chi connectivity index (χ0n) is 8.37. The second kappa shape index (κ2) is 5.32. The van der Waals surface area contributed by atoms with E-state index in [0.717, 1.165) is 11.8 Å². The number of hydrogen-bond acceptors (Lipinski definition) is 1. The first-order valence-corrected chi connectivity index (χ1v) is 5.69. The van der Waals surface area contributed by atoms with E-state index in [1.54, 1.807) is 7.11 Å². The van der Waals surface area contributed by atoms with Gasteiger partial charge in [-0.1, -0.05) is 52.3 Å². The summed E-state index contributed by atoms with van der Waals surface area (Å²) in [6, 6.07) is 10.2. The van der Waals surface area contributed by atoms with Crippen molar-refractivity contribution in [3.63, 3.8) is 0 Å². The van der Waals surface area contributed by atoms with Gasteiger partial charge in [0.15, 0.2) is 0 Å². The molecule has 0 amide bonds. The molecule has 0 fully saturated rings. The van der Waals surface area contributed by atoms with Crippen molar-refractivity contribution < 1.29 is 4.74 Å². The molecule has 76 valence electrons. The third-order valence-electron chi connectivity index (χ3n) is 2.38. The first-order valence-electron chi connectivity index (χ1n) is 4.56. The van der Waals surface area contributed by atoms with Crippen molar-refractivity contribution in [1.82, 2.24) is 0 Å². The minimum atomic E-state index is -0.275. The van der Waals surface area contributed by atoms with E-state index in [9.17, 15) is 0 Å². The van der Waals surface area contributed by atoms with Crippen molar-refractivity contribution >= 4 is 15.9 Å². The summed E-state index contributed by atoms with van der Waals surface area (Å²) in [6.45, 7) is 3.77. The minimum Gasteiger partial charge on any atom is -0.372 e. The number of halogens is 1. The van der Waals surface area contributed by atoms with Crippen molar-refractivity contribution in [2.75, 3.05) is 12.4 Å². The fourth-order valence-corrected chi connectivity index (χ4v) is 2.26. The Morgan fingerprint density at radius 2 is 2.07 bits per heavy atom. The first kappa shape index (κ1) is 11.5. The molecule has 2 heteroatoms. The van der Waals surface area contributed by atoms with Gasteiger partial charge in [-0.25, -0.2) is 0 Å². The predicted molar refractivity (Wildman–Crippen MR) is 63.7 cm³/mol. The van der Waals surface area contributed by atoms with Crippen molar-refractivity contribution in [3.8, 4) is 0 Å². The SMILES string of the molecule is C=CCC(CBr)(OC)c1ccccc1. The standard InChI is InChI=1S/C12H15BrO/c1-3-9-12(10-13,14-2)11-7-5-4-6-8-11/h3-8H,1,9-10H2,2H3. The van der Waals surface area contributed by atoms with Crippen molar-refractivity contribution in [2.24, 2.45) is 0 Å². The fourth-order valence-electron chi connectivity index (χ4n) is 1.48. The Kier molecular flexibility index (Phi) is 4.36. The summed E-state index contributed by atoms with van der Waals surface area (Å²) in [7, 11) is 1.73. The summed E-state index contributed by atoms with van der Waals surface area (Å²) < 4.78 is 5.60. The number of rotatable bonds is 5. The Balaban J connectivity index is 3.03. The molecule has 0 aromatic heterocycles. The molecular formula is C12H15BrO. The molecule has 14 heavy (non-hydrogen) atoms. The van der Waals surface area contributed by atoms with Gasteiger partial charge in [0.25, 0.3) is 0 Å². The van der Waals surface area contributed by atoms with E-state index in [1.165, 1.54) is 5.56 Å². The van der Waals surface area contributed by atoms with Crippen LogP contribution in [0.15, 0.2) is 43.0 Å². The molecule has 1 nitrogen and oxygen atoms in total. The summed E-state index contributed by atoms with van der Waals surface area (Å²) in [5.74, 6) is 0. The lowest BCUT2D eigenvalue weighted by molar-refractivity contribution is 0.0102. The molecule has 1 atom stereocenters. The van der Waals surface area contributed by atoms with Gasteiger partial charge < -0.3 is 4.74 Å². The van der Waals surface area contributed by atoms with Gasteiger partial charge in [-0.2, -0.15) is 0 Å². The summed E-state index contributed by atoms with van der Waals surface area (Å²) in [5.41, 5.74) is 0.905. The van der Waals surface area contributed by atoms with Gasteiger partial charge in [0.05, 0.1) is 0 Å². The lowest BCUT2D eigenvalue weighted by atomic mass is 9.92. The highest BCUT2D eigenvalue weighted by Gasteiger charge is 2.28. The van der Waals surface area contributed by atoms with Crippen LogP contribution >= 0.6 is 15.9 Å². The third-order valence-corrected chi connectivity index (χ3v) is 3.29. The summed E-state index contributed by atoms with van der Waals surface area (Å²) in [6.07, 6.45) is 2.69. The van der Waals surface area contributed by atoms with Gasteiger partial charge in [-0.3, -0.25) is 0 Å². The Morgan fingerprint density at radius 1 is 1.43 bits per heavy atom. The van der Waals surface area contributed by atoms with Gasteiger partial charge in [-0.05, 0) is 12.0 Å². The number of methoxy groups -OCH3 is 1. The van der Waals surface area contributed by atoms with Gasteiger partial charge in [0.2, 0.25) is 0 Å². The van der Waals surface area contributed by atoms with Crippen LogP contribution < -0.4 is 0 Å². The normalized spacial score (nSPS) is 14.7. The fraction of sp³-hybridized carbons (Fsp3) is 0.333. The molecule has 0 heterocycles. The van der Waals surface area contributed by atoms with Crippen LogP contribution in [0.2, 0.25) is 0 Å². The van der Waals surface area contributed by atoms with Gasteiger partial charge in [0.1, 0.15) is 5.60 Å². The van der Waals surface area contributed by atoms with Crippen LogP contribution in [0.3, 0.4) is 0 Å². The first-order chi connectivity index (χ1) is 6.79. The second-order valence-corrected chi connectivity index (χ2v) is 3.75. The molecule has 0 saturated carbocycles. The van der Waals surface area contributed by atoms with Crippen molar-refractivity contribution in [2.45, 2.75) is 12.0 Å². The number of benzene rings is 1. The number of alkyl halides is 1. The zero-order valence-corrected chi connectivity index (χ0v) is 9.96. The smallest absolute Gasteiger partial charge is 0.106 e. The number of ether oxygens (including phenoxy) is 1. The Hall–Kier alpha value is -0.600. The molecule has 0 N–H and O–H groups in total. The van der Waals surface area contributed by atoms with Crippen LogP contribution in [0.1, 0.15) is 12.0 Å². The Bertz CT molecular complexity index is 278. The Labute approximate surface area is 93.9 Å². The monoisotopic (exact) mass is 254 g/mol. The van der Waals surface area contributed by atoms with E-state index in [-0.39, 0.29) is 5.60 Å². The predicted octanol–water partition coefficient (Wildman–Crippen LogP) is 3.50. The molecule has 0 aliphatic carbocycles. The molecule has 1 aromatic carbocycles. The highest BCUT2D eigenvalue weighted by atomic mass is 79.9. The lowest BCUT2D eigenvalue weighted by Gasteiger charge is -2.30. The van der Waals surface area contributed by atoms with Crippen LogP contribution in [-0.2, 0) is 10.3 Å². The maximum Gasteiger partial charge on any atom is 0.106 e. The molecule has 0 spiro atoms. The van der Waals surface area contributed by atoms with Gasteiger partial charge in [0, 0.05) is 12.4 Å². The van der Waals surface area contributed by atoms with Gasteiger partial charge in [-0.15, -0.1) is 6.58 Å². The van der Waals surface area contributed by atoms with E-state index in [2.05, 4.69) is 34.6 Å². The van der Waals surface area contributed by atoms with Crippen LogP contribution in [0, 0.1) is 0 Å². The molecule has 0 saturated heterocycles. The molecule has 0 radical (unpaired) electrons. The summed E-state index contributed by atoms with van der Waals surface area (Å²) in [5, 5.41) is 0.770. The van der Waals surface area contributed by atoms with E-state index < -0.39 is 0 Å². The van der Waals surface area contributed by atoms with Gasteiger partial charge >= 0.3 is 0 Å². The minimum absolute atomic E-state index is 0.275. The second-order valence-electron chi connectivity index (χ2n) is 3.19. The summed E-state index contributed by atoms with van der Waals surface area (Å²) in [4.78, 5) is 0. The van der Waals surface area contributed by atoms with Crippen LogP contribution in [-0.4, -0.2) is 12.4 Å². The molecule has 0 aliphatic heterocycles. The zero-order chi connectivity index (χ0) is 10.4. The highest BCUT2D eigenvalue weighted by molar-refractivity contribution is 9.09. The molecular weight excluding hydrogens is 240 g/mol. The van der Waals surface area contributed by atoms with Crippen LogP contribution in [0.25, 0.3) is 0 Å². The van der Waals surface area contributed by atoms with Crippen LogP contribution in [0.5, 0.6) is 0 Å². The molecule has 0 bridgehead atoms. The molecule has 1 rings (SSSR count). The topological polar surface area (TPSA) is 9.23 Å². The maximum absolute atomic E-state index is 5.60. The average molecular weight is 255 g/mol. The number of hydrogen-bond donors (Lipinski definition) is 0. The molecule has 1 unspecified atom stereocenters. The quantitative estimate of drug-likeness (QED) is 0.578. The molecule has 0 aliphatic rings. The Morgan fingerprint density at radius 3 is 2.50 bits per heavy atom. The largest absolute Gasteiger partial charge is 0.372 e. The molecule has 1 aromatic rings. The third kappa shape index (κ3) is 2.25. The summed E-state index contributed by atoms with van der Waals surface area (Å²) >= 11 is 3.50.